The lowest BCUT2D eigenvalue weighted by molar-refractivity contribution is -0.154. The number of thioether (sulfide) groups is 2. The molecule has 1 saturated heterocycles. The molecule has 65 heavy (non-hydrogen) atoms. The molecule has 0 bridgehead atoms. The van der Waals surface area contributed by atoms with Gasteiger partial charge in [-0.15, -0.1) is 34.9 Å². The van der Waals surface area contributed by atoms with Crippen molar-refractivity contribution >= 4 is 69.5 Å². The number of thiazole rings is 1. The molecule has 6 aromatic rings. The van der Waals surface area contributed by atoms with Gasteiger partial charge in [-0.05, 0) is 33.4 Å². The van der Waals surface area contributed by atoms with Crippen LogP contribution in [0.15, 0.2) is 184 Å². The molecular formula is C50H41N5O7S3. The van der Waals surface area contributed by atoms with Crippen molar-refractivity contribution in [3.63, 3.8) is 0 Å². The summed E-state index contributed by atoms with van der Waals surface area (Å²) < 4.78 is 11.4. The highest BCUT2D eigenvalue weighted by molar-refractivity contribution is 8.03. The zero-order chi connectivity index (χ0) is 44.8. The van der Waals surface area contributed by atoms with Gasteiger partial charge in [-0.1, -0.05) is 157 Å². The molecule has 9 rings (SSSR count). The lowest BCUT2D eigenvalue weighted by Crippen LogP contribution is -2.71. The first-order valence-corrected chi connectivity index (χ1v) is 23.6. The second kappa shape index (κ2) is 19.4. The summed E-state index contributed by atoms with van der Waals surface area (Å²) in [5, 5.41) is 12.3. The number of carbonyl (C=O) groups excluding carboxylic acids is 4. The number of rotatable bonds is 16. The number of nitrogens with one attached hydrogen (secondary N) is 2. The molecule has 0 aliphatic carbocycles. The number of anilines is 1. The Morgan fingerprint density at radius 2 is 1.40 bits per heavy atom. The molecule has 3 aliphatic rings. The largest absolute Gasteiger partial charge is 0.457 e. The van der Waals surface area contributed by atoms with Crippen LogP contribution in [0.3, 0.4) is 0 Å². The van der Waals surface area contributed by atoms with E-state index in [1.54, 1.807) is 5.38 Å². The maximum atomic E-state index is 14.5. The van der Waals surface area contributed by atoms with Gasteiger partial charge in [-0.3, -0.25) is 14.5 Å². The molecule has 5 aromatic carbocycles. The van der Waals surface area contributed by atoms with Crippen molar-refractivity contribution in [2.45, 2.75) is 23.1 Å². The number of ether oxygens (including phenoxy) is 2. The van der Waals surface area contributed by atoms with Crippen molar-refractivity contribution in [1.82, 2.24) is 15.2 Å². The number of oxime groups is 1. The van der Waals surface area contributed by atoms with E-state index in [1.165, 1.54) is 52.9 Å². The quantitative estimate of drug-likeness (QED) is 0.0320. The molecule has 3 aliphatic heterocycles. The van der Waals surface area contributed by atoms with Crippen LogP contribution in [-0.2, 0) is 39.0 Å². The average Bonchev–Trinajstić information content (AvgIpc) is 4.01. The lowest BCUT2D eigenvalue weighted by atomic mass is 9.77. The molecule has 1 fully saturated rings. The second-order valence-corrected chi connectivity index (χ2v) is 18.1. The Hall–Kier alpha value is -6.94. The third kappa shape index (κ3) is 8.95. The normalized spacial score (nSPS) is 17.2. The minimum absolute atomic E-state index is 0.110. The zero-order valence-electron chi connectivity index (χ0n) is 34.9. The summed E-state index contributed by atoms with van der Waals surface area (Å²) in [6.45, 7) is 0.142. The van der Waals surface area contributed by atoms with Gasteiger partial charge in [0.15, 0.2) is 16.9 Å². The summed E-state index contributed by atoms with van der Waals surface area (Å²) in [7, 11) is 1.33. The molecule has 15 heteroatoms. The van der Waals surface area contributed by atoms with Gasteiger partial charge >= 0.3 is 11.9 Å². The molecule has 4 heterocycles. The van der Waals surface area contributed by atoms with Crippen LogP contribution in [-0.4, -0.2) is 76.0 Å². The fourth-order valence-electron chi connectivity index (χ4n) is 8.04. The maximum Gasteiger partial charge on any atom is 0.356 e. The summed E-state index contributed by atoms with van der Waals surface area (Å²) in [5.41, 5.74) is 4.45. The van der Waals surface area contributed by atoms with E-state index in [-0.39, 0.29) is 23.7 Å². The number of carbonyl (C=O) groups is 4. The smallest absolute Gasteiger partial charge is 0.356 e. The minimum atomic E-state index is -1.01. The van der Waals surface area contributed by atoms with Gasteiger partial charge in [0.2, 0.25) is 0 Å². The Balaban J connectivity index is 0.979. The van der Waals surface area contributed by atoms with Crippen LogP contribution in [0.5, 0.6) is 0 Å². The third-order valence-electron chi connectivity index (χ3n) is 11.1. The van der Waals surface area contributed by atoms with Crippen molar-refractivity contribution in [2.75, 3.05) is 30.5 Å². The Labute approximate surface area is 387 Å². The Morgan fingerprint density at radius 1 is 0.846 bits per heavy atom. The van der Waals surface area contributed by atoms with E-state index in [0.29, 0.717) is 27.1 Å². The lowest BCUT2D eigenvalue weighted by Gasteiger charge is -2.49. The number of aromatic nitrogens is 1. The molecule has 0 spiro atoms. The minimum Gasteiger partial charge on any atom is -0.457 e. The molecule has 326 valence electrons. The van der Waals surface area contributed by atoms with E-state index >= 15 is 0 Å². The topological polar surface area (TPSA) is 149 Å². The van der Waals surface area contributed by atoms with Crippen LogP contribution < -0.4 is 10.6 Å². The van der Waals surface area contributed by atoms with Crippen molar-refractivity contribution in [3.05, 3.63) is 213 Å². The highest BCUT2D eigenvalue weighted by Gasteiger charge is 2.55. The molecule has 2 N–H and O–H groups in total. The van der Waals surface area contributed by atoms with E-state index in [9.17, 15) is 19.2 Å². The zero-order valence-corrected chi connectivity index (χ0v) is 37.3. The highest BCUT2D eigenvalue weighted by atomic mass is 32.2. The van der Waals surface area contributed by atoms with Crippen molar-refractivity contribution in [3.8, 4) is 0 Å². The van der Waals surface area contributed by atoms with Gasteiger partial charge in [-0.2, -0.15) is 0 Å². The predicted octanol–water partition coefficient (Wildman–Crippen LogP) is 8.06. The molecule has 2 atom stereocenters. The first-order chi connectivity index (χ1) is 31.8. The summed E-state index contributed by atoms with van der Waals surface area (Å²) in [6, 6.07) is 48.0. The molecule has 1 aromatic heterocycles. The van der Waals surface area contributed by atoms with E-state index in [4.69, 9.17) is 19.3 Å². The summed E-state index contributed by atoms with van der Waals surface area (Å²) in [6.07, 6.45) is 0.661. The van der Waals surface area contributed by atoms with E-state index in [2.05, 4.69) is 52.2 Å². The number of amides is 2. The van der Waals surface area contributed by atoms with Crippen LogP contribution in [0.2, 0.25) is 0 Å². The van der Waals surface area contributed by atoms with Crippen molar-refractivity contribution in [1.29, 1.82) is 0 Å². The molecule has 12 nitrogen and oxygen atoms in total. The van der Waals surface area contributed by atoms with Crippen molar-refractivity contribution in [2.24, 2.45) is 5.16 Å². The molecule has 0 saturated carbocycles. The predicted molar refractivity (Wildman–Crippen MR) is 253 cm³/mol. The monoisotopic (exact) mass is 919 g/mol. The average molecular weight is 920 g/mol. The van der Waals surface area contributed by atoms with Crippen LogP contribution in [0.4, 0.5) is 5.13 Å². The number of hydrogen-bond acceptors (Lipinski definition) is 13. The van der Waals surface area contributed by atoms with Crippen LogP contribution >= 0.6 is 34.9 Å². The number of β-lactam (4-membered cyclic amide) rings is 1. The number of hydrogen-bond donors (Lipinski definition) is 2. The molecule has 0 radical (unpaired) electrons. The first-order valence-electron chi connectivity index (χ1n) is 20.6. The van der Waals surface area contributed by atoms with E-state index in [1.807, 2.05) is 115 Å². The van der Waals surface area contributed by atoms with E-state index in [0.717, 1.165) is 27.8 Å². The second-order valence-electron chi connectivity index (χ2n) is 15.1. The van der Waals surface area contributed by atoms with Gasteiger partial charge in [-0.25, -0.2) is 14.6 Å². The number of benzene rings is 5. The summed E-state index contributed by atoms with van der Waals surface area (Å²) in [5.74, 6) is -1.62. The van der Waals surface area contributed by atoms with Gasteiger partial charge < -0.3 is 24.9 Å². The number of nitrogens with zero attached hydrogens (tertiary/aromatic N) is 3. The van der Waals surface area contributed by atoms with Gasteiger partial charge in [0.25, 0.3) is 11.8 Å². The fraction of sp³-hybridized carbons (Fsp3) is 0.160. The third-order valence-corrected chi connectivity index (χ3v) is 14.3. The summed E-state index contributed by atoms with van der Waals surface area (Å²) >= 11 is 4.08. The standard InChI is InChI=1S/C50H41N5O7S3/c1-60-54-41(39-31-65-49(51-39)53-50(35-21-11-4-12-22-35,36-23-13-5-14-24-36)37-25-15-6-16-26-37)45(57)52-42-46(58)55-43(34(30-64-47(42)55)29-63-38-27-40(56)61-28-38)48(59)62-44(32-17-7-2-8-18-32)33-19-9-3-10-20-33/h2-27,31,42,44,47H,28-30H2,1H3,(H,51,53)(H,52,57)/t42-,47+/m1/s1. The maximum absolute atomic E-state index is 14.5. The van der Waals surface area contributed by atoms with Gasteiger partial charge in [0.1, 0.15) is 42.1 Å². The SMILES string of the molecule is CON=C(C(=O)N[C@@H]1C(=O)N2C(C(=O)OC(c3ccccc3)c3ccccc3)=C(CSC3=CC(=O)OC3)CS[C@@H]12)c1csc(NC(c2ccccc2)(c2ccccc2)c2ccccc2)n1. The van der Waals surface area contributed by atoms with Crippen LogP contribution in [0, 0.1) is 0 Å². The highest BCUT2D eigenvalue weighted by Crippen LogP contribution is 2.44. The fourth-order valence-corrected chi connectivity index (χ4v) is 11.2. The van der Waals surface area contributed by atoms with Gasteiger partial charge in [0.05, 0.1) is 0 Å². The number of cyclic esters (lactones) is 1. The molecule has 2 amide bonds. The summed E-state index contributed by atoms with van der Waals surface area (Å²) in [4.78, 5) is 67.0. The Morgan fingerprint density at radius 3 is 1.92 bits per heavy atom. The number of esters is 2. The molecular weight excluding hydrogens is 879 g/mol. The van der Waals surface area contributed by atoms with Crippen LogP contribution in [0.25, 0.3) is 0 Å². The number of fused-ring (bicyclic) bond motifs is 1. The van der Waals surface area contributed by atoms with Gasteiger partial charge in [0, 0.05) is 27.9 Å². The Kier molecular flexibility index (Phi) is 13.0. The molecule has 0 unspecified atom stereocenters. The van der Waals surface area contributed by atoms with Crippen molar-refractivity contribution < 1.29 is 33.5 Å². The van der Waals surface area contributed by atoms with Crippen LogP contribution in [0.1, 0.15) is 39.6 Å². The first kappa shape index (κ1) is 43.3. The Bertz CT molecular complexity index is 2650. The van der Waals surface area contributed by atoms with E-state index < -0.39 is 46.8 Å².